The fourth-order valence-electron chi connectivity index (χ4n) is 2.09. The topological polar surface area (TPSA) is 109 Å². The van der Waals surface area contributed by atoms with E-state index >= 15 is 0 Å². The molecule has 112 valence electrons. The van der Waals surface area contributed by atoms with Crippen LogP contribution in [0.15, 0.2) is 18.2 Å². The number of anilines is 1. The van der Waals surface area contributed by atoms with Gasteiger partial charge in [-0.15, -0.1) is 0 Å². The summed E-state index contributed by atoms with van der Waals surface area (Å²) in [6, 6.07) is 4.90. The molecule has 1 unspecified atom stereocenters. The van der Waals surface area contributed by atoms with E-state index in [1.54, 1.807) is 18.2 Å². The molecule has 0 radical (unpaired) electrons. The first-order valence-corrected chi connectivity index (χ1v) is 7.66. The van der Waals surface area contributed by atoms with Gasteiger partial charge >= 0.3 is 5.97 Å². The van der Waals surface area contributed by atoms with Crippen LogP contribution in [0.5, 0.6) is 0 Å². The SMILES string of the molecule is Nc1ccc(CSCC2CCC(=O)NC2=O)cc1C(=O)O. The minimum absolute atomic E-state index is 0.0918. The van der Waals surface area contributed by atoms with Gasteiger partial charge in [0.1, 0.15) is 0 Å². The van der Waals surface area contributed by atoms with E-state index in [-0.39, 0.29) is 29.0 Å². The zero-order valence-corrected chi connectivity index (χ0v) is 12.1. The van der Waals surface area contributed by atoms with Crippen molar-refractivity contribution in [3.05, 3.63) is 29.3 Å². The van der Waals surface area contributed by atoms with Gasteiger partial charge in [-0.2, -0.15) is 11.8 Å². The number of carbonyl (C=O) groups excluding carboxylic acids is 2. The Morgan fingerprint density at radius 3 is 2.86 bits per heavy atom. The second kappa shape index (κ2) is 6.62. The molecular weight excluding hydrogens is 292 g/mol. The Balaban J connectivity index is 1.89. The van der Waals surface area contributed by atoms with Crippen LogP contribution in [0.2, 0.25) is 0 Å². The van der Waals surface area contributed by atoms with E-state index in [9.17, 15) is 14.4 Å². The maximum atomic E-state index is 11.6. The van der Waals surface area contributed by atoms with Crippen molar-refractivity contribution in [2.45, 2.75) is 18.6 Å². The summed E-state index contributed by atoms with van der Waals surface area (Å²) in [5, 5.41) is 11.3. The van der Waals surface area contributed by atoms with Crippen LogP contribution in [0.25, 0.3) is 0 Å². The van der Waals surface area contributed by atoms with Crippen LogP contribution in [0.4, 0.5) is 5.69 Å². The van der Waals surface area contributed by atoms with Crippen LogP contribution in [0.3, 0.4) is 0 Å². The minimum atomic E-state index is -1.05. The number of aromatic carboxylic acids is 1. The molecule has 0 spiro atoms. The van der Waals surface area contributed by atoms with Crippen LogP contribution in [0.1, 0.15) is 28.8 Å². The highest BCUT2D eigenvalue weighted by Crippen LogP contribution is 2.23. The van der Waals surface area contributed by atoms with Gasteiger partial charge in [-0.1, -0.05) is 6.07 Å². The van der Waals surface area contributed by atoms with E-state index in [0.29, 0.717) is 24.3 Å². The number of amides is 2. The van der Waals surface area contributed by atoms with Gasteiger partial charge in [-0.25, -0.2) is 4.79 Å². The lowest BCUT2D eigenvalue weighted by Crippen LogP contribution is -2.41. The van der Waals surface area contributed by atoms with E-state index in [4.69, 9.17) is 10.8 Å². The van der Waals surface area contributed by atoms with E-state index in [0.717, 1.165) is 5.56 Å². The number of nitrogens with one attached hydrogen (secondary N) is 1. The number of hydrogen-bond donors (Lipinski definition) is 3. The summed E-state index contributed by atoms with van der Waals surface area (Å²) in [6.45, 7) is 0. The molecule has 1 aromatic carbocycles. The van der Waals surface area contributed by atoms with E-state index < -0.39 is 5.97 Å². The van der Waals surface area contributed by atoms with Crippen molar-refractivity contribution in [2.75, 3.05) is 11.5 Å². The molecule has 1 saturated heterocycles. The molecule has 4 N–H and O–H groups in total. The first kappa shape index (κ1) is 15.4. The molecular formula is C14H16N2O4S. The number of carboxylic acid groups (broad SMARTS) is 1. The van der Waals surface area contributed by atoms with Gasteiger partial charge in [0.25, 0.3) is 0 Å². The number of imide groups is 1. The summed E-state index contributed by atoms with van der Waals surface area (Å²) in [6.07, 6.45) is 0.946. The molecule has 0 bridgehead atoms. The average molecular weight is 308 g/mol. The lowest BCUT2D eigenvalue weighted by atomic mass is 10.0. The quantitative estimate of drug-likeness (QED) is 0.558. The molecule has 1 heterocycles. The molecule has 1 aromatic rings. The second-order valence-electron chi connectivity index (χ2n) is 4.89. The van der Waals surface area contributed by atoms with Crippen LogP contribution in [-0.2, 0) is 15.3 Å². The predicted molar refractivity (Wildman–Crippen MR) is 79.8 cm³/mol. The molecule has 6 nitrogen and oxygen atoms in total. The molecule has 2 rings (SSSR count). The largest absolute Gasteiger partial charge is 0.478 e. The highest BCUT2D eigenvalue weighted by molar-refractivity contribution is 7.98. The molecule has 0 saturated carbocycles. The predicted octanol–water partition coefficient (Wildman–Crippen LogP) is 1.25. The number of nitrogen functional groups attached to an aromatic ring is 1. The molecule has 21 heavy (non-hydrogen) atoms. The number of thioether (sulfide) groups is 1. The highest BCUT2D eigenvalue weighted by Gasteiger charge is 2.26. The number of nitrogens with two attached hydrogens (primary N) is 1. The molecule has 1 aliphatic rings. The van der Waals surface area contributed by atoms with Gasteiger partial charge in [0.15, 0.2) is 0 Å². The zero-order valence-electron chi connectivity index (χ0n) is 11.3. The number of piperidine rings is 1. The van der Waals surface area contributed by atoms with Gasteiger partial charge in [-0.05, 0) is 24.1 Å². The zero-order chi connectivity index (χ0) is 15.4. The third kappa shape index (κ3) is 3.98. The summed E-state index contributed by atoms with van der Waals surface area (Å²) in [7, 11) is 0. The number of carbonyl (C=O) groups is 3. The summed E-state index contributed by atoms with van der Waals surface area (Å²) in [5.41, 5.74) is 6.77. The van der Waals surface area contributed by atoms with Crippen molar-refractivity contribution in [2.24, 2.45) is 5.92 Å². The smallest absolute Gasteiger partial charge is 0.337 e. The Morgan fingerprint density at radius 2 is 2.19 bits per heavy atom. The maximum Gasteiger partial charge on any atom is 0.337 e. The Labute approximate surface area is 126 Å². The fourth-order valence-corrected chi connectivity index (χ4v) is 3.23. The molecule has 2 amide bonds. The Bertz CT molecular complexity index is 588. The number of benzene rings is 1. The number of rotatable bonds is 5. The molecule has 7 heteroatoms. The fraction of sp³-hybridized carbons (Fsp3) is 0.357. The third-order valence-electron chi connectivity index (χ3n) is 3.29. The summed E-state index contributed by atoms with van der Waals surface area (Å²) in [4.78, 5) is 33.6. The lowest BCUT2D eigenvalue weighted by Gasteiger charge is -2.20. The van der Waals surface area contributed by atoms with Gasteiger partial charge in [0.2, 0.25) is 11.8 Å². The van der Waals surface area contributed by atoms with Crippen molar-refractivity contribution in [3.8, 4) is 0 Å². The van der Waals surface area contributed by atoms with Gasteiger partial charge < -0.3 is 10.8 Å². The normalized spacial score (nSPS) is 18.4. The van der Waals surface area contributed by atoms with Crippen LogP contribution in [0, 0.1) is 5.92 Å². The number of carboxylic acids is 1. The van der Waals surface area contributed by atoms with Crippen LogP contribution < -0.4 is 11.1 Å². The van der Waals surface area contributed by atoms with Crippen LogP contribution >= 0.6 is 11.8 Å². The summed E-state index contributed by atoms with van der Waals surface area (Å²) in [5.74, 6) is -0.456. The Kier molecular flexibility index (Phi) is 4.85. The van der Waals surface area contributed by atoms with Crippen molar-refractivity contribution in [1.82, 2.24) is 5.32 Å². The maximum absolute atomic E-state index is 11.6. The monoisotopic (exact) mass is 308 g/mol. The Hall–Kier alpha value is -2.02. The highest BCUT2D eigenvalue weighted by atomic mass is 32.2. The number of hydrogen-bond acceptors (Lipinski definition) is 5. The molecule has 1 atom stereocenters. The van der Waals surface area contributed by atoms with Gasteiger partial charge in [0, 0.05) is 29.5 Å². The first-order valence-electron chi connectivity index (χ1n) is 6.50. The summed E-state index contributed by atoms with van der Waals surface area (Å²) >= 11 is 1.54. The van der Waals surface area contributed by atoms with E-state index in [2.05, 4.69) is 5.32 Å². The van der Waals surface area contributed by atoms with Crippen molar-refractivity contribution in [3.63, 3.8) is 0 Å². The van der Waals surface area contributed by atoms with Gasteiger partial charge in [-0.3, -0.25) is 14.9 Å². The third-order valence-corrected chi connectivity index (χ3v) is 4.46. The Morgan fingerprint density at radius 1 is 1.43 bits per heavy atom. The molecule has 0 aliphatic carbocycles. The van der Waals surface area contributed by atoms with E-state index in [1.165, 1.54) is 11.8 Å². The van der Waals surface area contributed by atoms with Crippen molar-refractivity contribution >= 4 is 35.2 Å². The van der Waals surface area contributed by atoms with Crippen LogP contribution in [-0.4, -0.2) is 28.6 Å². The summed E-state index contributed by atoms with van der Waals surface area (Å²) < 4.78 is 0. The molecule has 0 aromatic heterocycles. The van der Waals surface area contributed by atoms with Gasteiger partial charge in [0.05, 0.1) is 5.56 Å². The molecule has 1 fully saturated rings. The minimum Gasteiger partial charge on any atom is -0.478 e. The molecule has 1 aliphatic heterocycles. The van der Waals surface area contributed by atoms with Crippen molar-refractivity contribution < 1.29 is 19.5 Å². The van der Waals surface area contributed by atoms with E-state index in [1.807, 2.05) is 0 Å². The lowest BCUT2D eigenvalue weighted by molar-refractivity contribution is -0.135. The average Bonchev–Trinajstić information content (AvgIpc) is 2.42. The second-order valence-corrected chi connectivity index (χ2v) is 5.92. The first-order chi connectivity index (χ1) is 9.97. The van der Waals surface area contributed by atoms with Crippen molar-refractivity contribution in [1.29, 1.82) is 0 Å². The standard InChI is InChI=1S/C14H16N2O4S/c15-11-3-1-8(5-10(11)14(19)20)6-21-7-9-2-4-12(17)16-13(9)18/h1,3,5,9H,2,4,6-7,15H2,(H,19,20)(H,16,17,18).